The summed E-state index contributed by atoms with van der Waals surface area (Å²) in [5, 5.41) is 0. The summed E-state index contributed by atoms with van der Waals surface area (Å²) in [6.45, 7) is 3.93. The third-order valence-corrected chi connectivity index (χ3v) is 3.31. The first-order valence-electron chi connectivity index (χ1n) is 7.74. The average molecular weight is 326 g/mol. The topological polar surface area (TPSA) is 44.8 Å². The van der Waals surface area contributed by atoms with Gasteiger partial charge in [0.25, 0.3) is 0 Å². The molecule has 2 rings (SSSR count). The molecule has 0 atom stereocenters. The summed E-state index contributed by atoms with van der Waals surface area (Å²) >= 11 is 0. The number of allylic oxidation sites excluding steroid dienone is 1. The van der Waals surface area contributed by atoms with E-state index in [4.69, 9.17) is 14.2 Å². The van der Waals surface area contributed by atoms with E-state index in [9.17, 15) is 4.79 Å². The van der Waals surface area contributed by atoms with E-state index in [1.165, 1.54) is 6.08 Å². The largest absolute Gasteiger partial charge is 0.497 e. The lowest BCUT2D eigenvalue weighted by Crippen LogP contribution is -2.05. The first-order valence-corrected chi connectivity index (χ1v) is 7.74. The van der Waals surface area contributed by atoms with Crippen LogP contribution in [0.5, 0.6) is 17.2 Å². The van der Waals surface area contributed by atoms with E-state index in [1.807, 2.05) is 26.0 Å². The van der Waals surface area contributed by atoms with Crippen LogP contribution in [0.2, 0.25) is 0 Å². The zero-order valence-corrected chi connectivity index (χ0v) is 14.4. The van der Waals surface area contributed by atoms with Gasteiger partial charge in [-0.15, -0.1) is 0 Å². The van der Waals surface area contributed by atoms with Gasteiger partial charge in [-0.05, 0) is 61.9 Å². The fourth-order valence-electron chi connectivity index (χ4n) is 2.16. The van der Waals surface area contributed by atoms with Gasteiger partial charge in [-0.3, -0.25) is 4.79 Å². The van der Waals surface area contributed by atoms with Gasteiger partial charge in [0.2, 0.25) is 0 Å². The molecular formula is C20H22O4. The highest BCUT2D eigenvalue weighted by atomic mass is 16.5. The Kier molecular flexibility index (Phi) is 6.01. The van der Waals surface area contributed by atoms with Gasteiger partial charge < -0.3 is 14.2 Å². The molecule has 0 heterocycles. The molecule has 2 aromatic rings. The normalized spacial score (nSPS) is 10.9. The van der Waals surface area contributed by atoms with Crippen molar-refractivity contribution in [2.24, 2.45) is 0 Å². The number of rotatable bonds is 7. The summed E-state index contributed by atoms with van der Waals surface area (Å²) in [4.78, 5) is 12.3. The van der Waals surface area contributed by atoms with Gasteiger partial charge >= 0.3 is 0 Å². The third kappa shape index (κ3) is 4.88. The van der Waals surface area contributed by atoms with E-state index in [0.717, 1.165) is 11.3 Å². The van der Waals surface area contributed by atoms with Crippen molar-refractivity contribution < 1.29 is 19.0 Å². The maximum absolute atomic E-state index is 12.3. The molecule has 4 heteroatoms. The van der Waals surface area contributed by atoms with Crippen molar-refractivity contribution in [1.29, 1.82) is 0 Å². The van der Waals surface area contributed by atoms with Crippen LogP contribution in [0.3, 0.4) is 0 Å². The van der Waals surface area contributed by atoms with Crippen LogP contribution in [-0.4, -0.2) is 26.1 Å². The van der Waals surface area contributed by atoms with Crippen LogP contribution < -0.4 is 14.2 Å². The average Bonchev–Trinajstić information content (AvgIpc) is 2.59. The minimum atomic E-state index is -0.0760. The number of carbonyl (C=O) groups is 1. The predicted octanol–water partition coefficient (Wildman–Crippen LogP) is 4.39. The Hall–Kier alpha value is -2.75. The van der Waals surface area contributed by atoms with Crippen molar-refractivity contribution in [2.45, 2.75) is 20.0 Å². The standard InChI is InChI=1S/C20H22O4/c1-14(2)24-17-8-6-16(7-9-17)20(21)10-5-15-11-18(22-3)13-19(12-15)23-4/h5-14H,1-4H3/b10-5+. The van der Waals surface area contributed by atoms with E-state index < -0.39 is 0 Å². The lowest BCUT2D eigenvalue weighted by atomic mass is 10.1. The maximum Gasteiger partial charge on any atom is 0.185 e. The Bertz CT molecular complexity index is 693. The SMILES string of the molecule is COc1cc(/C=C/C(=O)c2ccc(OC(C)C)cc2)cc(OC)c1. The lowest BCUT2D eigenvalue weighted by Gasteiger charge is -2.09. The zero-order valence-electron chi connectivity index (χ0n) is 14.4. The van der Waals surface area contributed by atoms with E-state index in [-0.39, 0.29) is 11.9 Å². The van der Waals surface area contributed by atoms with E-state index in [0.29, 0.717) is 17.1 Å². The molecule has 0 aromatic heterocycles. The second-order valence-corrected chi connectivity index (χ2v) is 5.53. The Labute approximate surface area is 142 Å². The monoisotopic (exact) mass is 326 g/mol. The maximum atomic E-state index is 12.3. The first kappa shape index (κ1) is 17.6. The second kappa shape index (κ2) is 8.20. The van der Waals surface area contributed by atoms with Crippen LogP contribution in [0, 0.1) is 0 Å². The van der Waals surface area contributed by atoms with Crippen LogP contribution in [0.25, 0.3) is 6.08 Å². The Balaban J connectivity index is 2.12. The van der Waals surface area contributed by atoms with Gasteiger partial charge in [-0.2, -0.15) is 0 Å². The molecule has 0 amide bonds. The second-order valence-electron chi connectivity index (χ2n) is 5.53. The number of carbonyl (C=O) groups excluding carboxylic acids is 1. The van der Waals surface area contributed by atoms with Crippen molar-refractivity contribution in [3.8, 4) is 17.2 Å². The third-order valence-electron chi connectivity index (χ3n) is 3.31. The fraction of sp³-hybridized carbons (Fsp3) is 0.250. The minimum Gasteiger partial charge on any atom is -0.497 e. The zero-order chi connectivity index (χ0) is 17.5. The molecule has 4 nitrogen and oxygen atoms in total. The summed E-state index contributed by atoms with van der Waals surface area (Å²) in [5.74, 6) is 2.03. The number of ketones is 1. The van der Waals surface area contributed by atoms with E-state index in [2.05, 4.69) is 0 Å². The minimum absolute atomic E-state index is 0.0760. The molecule has 0 aliphatic heterocycles. The van der Waals surface area contributed by atoms with Crippen LogP contribution in [0.15, 0.2) is 48.5 Å². The summed E-state index contributed by atoms with van der Waals surface area (Å²) in [6.07, 6.45) is 3.38. The smallest absolute Gasteiger partial charge is 0.185 e. The molecule has 0 saturated heterocycles. The van der Waals surface area contributed by atoms with Crippen LogP contribution >= 0.6 is 0 Å². The molecule has 0 spiro atoms. The molecule has 0 saturated carbocycles. The highest BCUT2D eigenvalue weighted by Crippen LogP contribution is 2.23. The number of ether oxygens (including phenoxy) is 3. The van der Waals surface area contributed by atoms with Crippen molar-refractivity contribution in [1.82, 2.24) is 0 Å². The Morgan fingerprint density at radius 1 is 0.917 bits per heavy atom. The van der Waals surface area contributed by atoms with Crippen molar-refractivity contribution in [2.75, 3.05) is 14.2 Å². The van der Waals surface area contributed by atoms with Gasteiger partial charge in [0.1, 0.15) is 17.2 Å². The molecule has 2 aromatic carbocycles. The number of hydrogen-bond acceptors (Lipinski definition) is 4. The van der Waals surface area contributed by atoms with Gasteiger partial charge in [-0.1, -0.05) is 6.08 Å². The quantitative estimate of drug-likeness (QED) is 0.559. The van der Waals surface area contributed by atoms with Gasteiger partial charge in [0.15, 0.2) is 5.78 Å². The predicted molar refractivity (Wildman–Crippen MR) is 95.1 cm³/mol. The summed E-state index contributed by atoms with van der Waals surface area (Å²) in [6, 6.07) is 12.6. The summed E-state index contributed by atoms with van der Waals surface area (Å²) < 4.78 is 16.0. The summed E-state index contributed by atoms with van der Waals surface area (Å²) in [5.41, 5.74) is 1.44. The van der Waals surface area contributed by atoms with Gasteiger partial charge in [0.05, 0.1) is 20.3 Å². The first-order chi connectivity index (χ1) is 11.5. The highest BCUT2D eigenvalue weighted by Gasteiger charge is 2.04. The molecule has 0 bridgehead atoms. The van der Waals surface area contributed by atoms with Gasteiger partial charge in [-0.25, -0.2) is 0 Å². The van der Waals surface area contributed by atoms with Crippen molar-refractivity contribution in [3.05, 3.63) is 59.7 Å². The number of hydrogen-bond donors (Lipinski definition) is 0. The molecule has 0 N–H and O–H groups in total. The molecule has 126 valence electrons. The Morgan fingerprint density at radius 2 is 1.50 bits per heavy atom. The molecule has 0 aliphatic carbocycles. The fourth-order valence-corrected chi connectivity index (χ4v) is 2.16. The van der Waals surface area contributed by atoms with Crippen molar-refractivity contribution in [3.63, 3.8) is 0 Å². The van der Waals surface area contributed by atoms with Crippen LogP contribution in [0.1, 0.15) is 29.8 Å². The van der Waals surface area contributed by atoms with Gasteiger partial charge in [0, 0.05) is 11.6 Å². The molecule has 24 heavy (non-hydrogen) atoms. The van der Waals surface area contributed by atoms with Crippen LogP contribution in [0.4, 0.5) is 0 Å². The number of methoxy groups -OCH3 is 2. The summed E-state index contributed by atoms with van der Waals surface area (Å²) in [7, 11) is 3.18. The molecule has 0 radical (unpaired) electrons. The van der Waals surface area contributed by atoms with E-state index >= 15 is 0 Å². The molecule has 0 fully saturated rings. The molecular weight excluding hydrogens is 304 g/mol. The molecule has 0 aliphatic rings. The lowest BCUT2D eigenvalue weighted by molar-refractivity contribution is 0.104. The molecule has 0 unspecified atom stereocenters. The highest BCUT2D eigenvalue weighted by molar-refractivity contribution is 6.06. The van der Waals surface area contributed by atoms with Crippen LogP contribution in [-0.2, 0) is 0 Å². The van der Waals surface area contributed by atoms with Crippen molar-refractivity contribution >= 4 is 11.9 Å². The Morgan fingerprint density at radius 3 is 2.00 bits per heavy atom. The van der Waals surface area contributed by atoms with E-state index in [1.54, 1.807) is 50.6 Å². The number of benzene rings is 2.